The van der Waals surface area contributed by atoms with Crippen LogP contribution in [-0.2, 0) is 4.79 Å². The zero-order valence-electron chi connectivity index (χ0n) is 8.57. The van der Waals surface area contributed by atoms with E-state index in [1.807, 2.05) is 6.92 Å². The average molecular weight is 201 g/mol. The van der Waals surface area contributed by atoms with E-state index in [-0.39, 0.29) is 18.1 Å². The Labute approximate surface area is 84.2 Å². The maximum atomic E-state index is 11.0. The number of amides is 1. The lowest BCUT2D eigenvalue weighted by atomic mass is 10.0. The molecule has 1 saturated heterocycles. The van der Waals surface area contributed by atoms with Crippen molar-refractivity contribution in [3.05, 3.63) is 0 Å². The molecule has 0 radical (unpaired) electrons. The van der Waals surface area contributed by atoms with Gasteiger partial charge in [-0.15, -0.1) is 0 Å². The third-order valence-electron chi connectivity index (χ3n) is 2.76. The molecule has 0 saturated carbocycles. The Morgan fingerprint density at radius 2 is 2.21 bits per heavy atom. The molecule has 1 unspecified atom stereocenters. The normalized spacial score (nSPS) is 21.9. The number of rotatable bonds is 3. The Bertz CT molecular complexity index is 190. The third kappa shape index (κ3) is 3.25. The number of carbonyl (C=O) groups excluding carboxylic acids is 1. The fourth-order valence-electron chi connectivity index (χ4n) is 1.78. The highest BCUT2D eigenvalue weighted by atomic mass is 16.3. The average Bonchev–Trinajstić information content (AvgIpc) is 2.18. The van der Waals surface area contributed by atoms with Crippen molar-refractivity contribution in [3.8, 4) is 0 Å². The van der Waals surface area contributed by atoms with Gasteiger partial charge in [0, 0.05) is 25.6 Å². The maximum absolute atomic E-state index is 11.0. The van der Waals surface area contributed by atoms with Gasteiger partial charge in [-0.3, -0.25) is 15.1 Å². The van der Waals surface area contributed by atoms with E-state index in [9.17, 15) is 9.90 Å². The van der Waals surface area contributed by atoms with Crippen LogP contribution in [-0.4, -0.2) is 41.1 Å². The van der Waals surface area contributed by atoms with Crippen molar-refractivity contribution in [2.24, 2.45) is 5.84 Å². The molecular formula is C9H19N3O2. The van der Waals surface area contributed by atoms with Gasteiger partial charge in [-0.05, 0) is 19.8 Å². The molecule has 0 aromatic heterocycles. The fraction of sp³-hybridized carbons (Fsp3) is 0.889. The second-order valence-electron chi connectivity index (χ2n) is 3.89. The van der Waals surface area contributed by atoms with Gasteiger partial charge in [0.05, 0.1) is 6.10 Å². The molecule has 5 nitrogen and oxygen atoms in total. The third-order valence-corrected chi connectivity index (χ3v) is 2.76. The predicted molar refractivity (Wildman–Crippen MR) is 53.2 cm³/mol. The van der Waals surface area contributed by atoms with E-state index in [1.165, 1.54) is 0 Å². The van der Waals surface area contributed by atoms with Crippen LogP contribution in [0.1, 0.15) is 26.2 Å². The van der Waals surface area contributed by atoms with Crippen LogP contribution in [0.2, 0.25) is 0 Å². The van der Waals surface area contributed by atoms with Crippen molar-refractivity contribution in [1.82, 2.24) is 10.3 Å². The number of nitrogens with zero attached hydrogens (tertiary/aromatic N) is 1. The van der Waals surface area contributed by atoms with Crippen LogP contribution in [0.3, 0.4) is 0 Å². The number of aliphatic hydroxyl groups excluding tert-OH is 1. The first-order valence-electron chi connectivity index (χ1n) is 5.05. The van der Waals surface area contributed by atoms with Crippen molar-refractivity contribution in [1.29, 1.82) is 0 Å². The summed E-state index contributed by atoms with van der Waals surface area (Å²) in [6.07, 6.45) is 1.86. The Morgan fingerprint density at radius 3 is 2.71 bits per heavy atom. The Kier molecular flexibility index (Phi) is 4.31. The molecule has 0 aromatic rings. The minimum absolute atomic E-state index is 0.136. The molecular weight excluding hydrogens is 182 g/mol. The second-order valence-corrected chi connectivity index (χ2v) is 3.89. The number of carbonyl (C=O) groups is 1. The Hall–Kier alpha value is -0.650. The summed E-state index contributed by atoms with van der Waals surface area (Å²) in [5, 5.41) is 9.31. The lowest BCUT2D eigenvalue weighted by Gasteiger charge is -2.33. The molecule has 1 amide bonds. The van der Waals surface area contributed by atoms with E-state index < -0.39 is 0 Å². The molecule has 0 aliphatic carbocycles. The van der Waals surface area contributed by atoms with E-state index in [4.69, 9.17) is 5.84 Å². The first-order chi connectivity index (χ1) is 6.63. The molecule has 1 fully saturated rings. The first-order valence-corrected chi connectivity index (χ1v) is 5.05. The Morgan fingerprint density at radius 1 is 1.64 bits per heavy atom. The van der Waals surface area contributed by atoms with Crippen LogP contribution in [0.4, 0.5) is 0 Å². The topological polar surface area (TPSA) is 78.6 Å². The number of nitrogens with two attached hydrogens (primary N) is 1. The minimum Gasteiger partial charge on any atom is -0.393 e. The summed E-state index contributed by atoms with van der Waals surface area (Å²) < 4.78 is 0. The monoisotopic (exact) mass is 201 g/mol. The maximum Gasteiger partial charge on any atom is 0.235 e. The lowest BCUT2D eigenvalue weighted by Crippen LogP contribution is -2.44. The molecule has 4 N–H and O–H groups in total. The van der Waals surface area contributed by atoms with Gasteiger partial charge in [0.2, 0.25) is 5.91 Å². The smallest absolute Gasteiger partial charge is 0.235 e. The number of hydrazine groups is 1. The van der Waals surface area contributed by atoms with Gasteiger partial charge < -0.3 is 5.11 Å². The largest absolute Gasteiger partial charge is 0.393 e. The summed E-state index contributed by atoms with van der Waals surface area (Å²) >= 11 is 0. The van der Waals surface area contributed by atoms with Crippen LogP contribution in [0.5, 0.6) is 0 Å². The van der Waals surface area contributed by atoms with Crippen LogP contribution < -0.4 is 11.3 Å². The second kappa shape index (κ2) is 5.29. The summed E-state index contributed by atoms with van der Waals surface area (Å²) in [4.78, 5) is 13.2. The molecule has 0 bridgehead atoms. The van der Waals surface area contributed by atoms with Crippen molar-refractivity contribution in [2.75, 3.05) is 13.1 Å². The molecule has 0 spiro atoms. The van der Waals surface area contributed by atoms with Gasteiger partial charge in [-0.25, -0.2) is 5.84 Å². The number of hydrogen-bond acceptors (Lipinski definition) is 4. The Balaban J connectivity index is 2.30. The van der Waals surface area contributed by atoms with Crippen LogP contribution in [0.15, 0.2) is 0 Å². The summed E-state index contributed by atoms with van der Waals surface area (Å²) in [6.45, 7) is 3.73. The first kappa shape index (κ1) is 11.4. The van der Waals surface area contributed by atoms with Gasteiger partial charge in [0.25, 0.3) is 0 Å². The summed E-state index contributed by atoms with van der Waals surface area (Å²) in [7, 11) is 0. The molecule has 82 valence electrons. The molecule has 1 aliphatic rings. The predicted octanol–water partition coefficient (Wildman–Crippen LogP) is -0.788. The quantitative estimate of drug-likeness (QED) is 0.318. The molecule has 14 heavy (non-hydrogen) atoms. The molecule has 5 heteroatoms. The van der Waals surface area contributed by atoms with Crippen molar-refractivity contribution in [3.63, 3.8) is 0 Å². The molecule has 1 aliphatic heterocycles. The molecule has 1 heterocycles. The SMILES string of the molecule is CC(CC(=O)NN)N1CCC(O)CC1. The van der Waals surface area contributed by atoms with Crippen molar-refractivity contribution < 1.29 is 9.90 Å². The van der Waals surface area contributed by atoms with Crippen molar-refractivity contribution in [2.45, 2.75) is 38.3 Å². The van der Waals surface area contributed by atoms with E-state index in [2.05, 4.69) is 10.3 Å². The summed E-state index contributed by atoms with van der Waals surface area (Å²) in [6, 6.07) is 0.200. The van der Waals surface area contributed by atoms with E-state index >= 15 is 0 Å². The van der Waals surface area contributed by atoms with E-state index in [0.717, 1.165) is 25.9 Å². The number of piperidine rings is 1. The fourth-order valence-corrected chi connectivity index (χ4v) is 1.78. The zero-order valence-corrected chi connectivity index (χ0v) is 8.57. The number of nitrogens with one attached hydrogen (secondary N) is 1. The van der Waals surface area contributed by atoms with Gasteiger partial charge in [0.15, 0.2) is 0 Å². The highest BCUT2D eigenvalue weighted by Gasteiger charge is 2.22. The van der Waals surface area contributed by atoms with Gasteiger partial charge >= 0.3 is 0 Å². The van der Waals surface area contributed by atoms with Gasteiger partial charge in [-0.1, -0.05) is 0 Å². The van der Waals surface area contributed by atoms with Gasteiger partial charge in [-0.2, -0.15) is 0 Å². The summed E-state index contributed by atoms with van der Waals surface area (Å²) in [5.74, 6) is 4.88. The minimum atomic E-state index is -0.165. The highest BCUT2D eigenvalue weighted by Crippen LogP contribution is 2.14. The van der Waals surface area contributed by atoms with E-state index in [0.29, 0.717) is 6.42 Å². The zero-order chi connectivity index (χ0) is 10.6. The number of hydrogen-bond donors (Lipinski definition) is 3. The van der Waals surface area contributed by atoms with Crippen LogP contribution in [0, 0.1) is 0 Å². The molecule has 1 rings (SSSR count). The molecule has 1 atom stereocenters. The van der Waals surface area contributed by atoms with Crippen LogP contribution >= 0.6 is 0 Å². The standard InChI is InChI=1S/C9H19N3O2/c1-7(6-9(14)11-10)12-4-2-8(13)3-5-12/h7-8,13H,2-6,10H2,1H3,(H,11,14). The van der Waals surface area contributed by atoms with Crippen molar-refractivity contribution >= 4 is 5.91 Å². The highest BCUT2D eigenvalue weighted by molar-refractivity contribution is 5.75. The van der Waals surface area contributed by atoms with Gasteiger partial charge in [0.1, 0.15) is 0 Å². The lowest BCUT2D eigenvalue weighted by molar-refractivity contribution is -0.122. The number of likely N-dealkylation sites (tertiary alicyclic amines) is 1. The number of aliphatic hydroxyl groups is 1. The molecule has 0 aromatic carbocycles. The summed E-state index contributed by atoms with van der Waals surface area (Å²) in [5.41, 5.74) is 2.13. The van der Waals surface area contributed by atoms with Crippen LogP contribution in [0.25, 0.3) is 0 Å². The van der Waals surface area contributed by atoms with E-state index in [1.54, 1.807) is 0 Å².